The first-order valence-corrected chi connectivity index (χ1v) is 5.85. The molecule has 7 heteroatoms. The summed E-state index contributed by atoms with van der Waals surface area (Å²) in [7, 11) is 0. The van der Waals surface area contributed by atoms with E-state index in [1.165, 1.54) is 10.7 Å². The molecule has 0 saturated heterocycles. The van der Waals surface area contributed by atoms with Gasteiger partial charge in [-0.15, -0.1) is 0 Å². The van der Waals surface area contributed by atoms with Gasteiger partial charge in [0.1, 0.15) is 17.2 Å². The molecule has 0 spiro atoms. The number of fused-ring (bicyclic) bond motifs is 1. The van der Waals surface area contributed by atoms with Crippen molar-refractivity contribution in [3.63, 3.8) is 0 Å². The summed E-state index contributed by atoms with van der Waals surface area (Å²) in [4.78, 5) is 15.3. The Labute approximate surface area is 109 Å². The fraction of sp³-hybridized carbons (Fsp3) is 0. The van der Waals surface area contributed by atoms with E-state index in [9.17, 15) is 9.18 Å². The van der Waals surface area contributed by atoms with E-state index in [-0.39, 0.29) is 11.5 Å². The molecule has 90 valence electrons. The molecule has 0 atom stereocenters. The number of hydrogen-bond donors (Lipinski definition) is 1. The highest BCUT2D eigenvalue weighted by Gasteiger charge is 2.17. The van der Waals surface area contributed by atoms with Crippen LogP contribution in [0.25, 0.3) is 17.2 Å². The minimum atomic E-state index is -0.426. The summed E-state index contributed by atoms with van der Waals surface area (Å²) in [6.45, 7) is 0. The molecule has 0 radical (unpaired) electrons. The minimum Gasteiger partial charge on any atom is -0.266 e. The molecule has 2 heterocycles. The standard InChI is InChI=1S/C11H6BrFN4O/c12-6-5-8-10(14-11(6)18)17(16-15-8)9-4-2-1-3-7(9)13/h1-5,16H. The van der Waals surface area contributed by atoms with Gasteiger partial charge >= 0.3 is 0 Å². The van der Waals surface area contributed by atoms with Gasteiger partial charge in [-0.05, 0) is 34.1 Å². The van der Waals surface area contributed by atoms with Crippen molar-refractivity contribution >= 4 is 15.9 Å². The van der Waals surface area contributed by atoms with Gasteiger partial charge in [-0.3, -0.25) is 4.79 Å². The maximum Gasteiger partial charge on any atom is 0.286 e. The molecule has 0 amide bonds. The summed E-state index contributed by atoms with van der Waals surface area (Å²) < 4.78 is 15.3. The van der Waals surface area contributed by atoms with Gasteiger partial charge in [0.2, 0.25) is 0 Å². The van der Waals surface area contributed by atoms with Crippen molar-refractivity contribution in [1.82, 2.24) is 20.0 Å². The van der Waals surface area contributed by atoms with Crippen LogP contribution in [0.4, 0.5) is 4.39 Å². The Kier molecular flexibility index (Phi) is 2.48. The van der Waals surface area contributed by atoms with E-state index in [4.69, 9.17) is 0 Å². The molecule has 0 aromatic heterocycles. The molecule has 1 aromatic carbocycles. The maximum absolute atomic E-state index is 13.7. The maximum atomic E-state index is 13.7. The highest BCUT2D eigenvalue weighted by Crippen LogP contribution is 2.22. The molecule has 2 aliphatic rings. The predicted octanol–water partition coefficient (Wildman–Crippen LogP) is 1.96. The number of benzene rings is 1. The van der Waals surface area contributed by atoms with Gasteiger partial charge < -0.3 is 0 Å². The topological polar surface area (TPSA) is 63.6 Å². The third kappa shape index (κ3) is 1.63. The number of aromatic amines is 1. The van der Waals surface area contributed by atoms with Crippen LogP contribution in [0.15, 0.2) is 39.6 Å². The van der Waals surface area contributed by atoms with Crippen LogP contribution >= 0.6 is 15.9 Å². The molecular formula is C11H6BrFN4O. The van der Waals surface area contributed by atoms with E-state index >= 15 is 0 Å². The number of aromatic nitrogens is 4. The Balaban J connectivity index is 2.30. The smallest absolute Gasteiger partial charge is 0.266 e. The molecule has 1 aromatic rings. The molecule has 1 N–H and O–H groups in total. The van der Waals surface area contributed by atoms with E-state index in [1.54, 1.807) is 24.3 Å². The van der Waals surface area contributed by atoms with Crippen molar-refractivity contribution in [3.05, 3.63) is 51.0 Å². The Morgan fingerprint density at radius 3 is 2.89 bits per heavy atom. The lowest BCUT2D eigenvalue weighted by atomic mass is 10.3. The second-order valence-electron chi connectivity index (χ2n) is 3.62. The van der Waals surface area contributed by atoms with Crippen LogP contribution in [0.3, 0.4) is 0 Å². The summed E-state index contributed by atoms with van der Waals surface area (Å²) in [6, 6.07) is 7.71. The van der Waals surface area contributed by atoms with Crippen LogP contribution in [0.1, 0.15) is 0 Å². The molecular weight excluding hydrogens is 303 g/mol. The number of nitrogens with one attached hydrogen (secondary N) is 1. The predicted molar refractivity (Wildman–Crippen MR) is 66.3 cm³/mol. The normalized spacial score (nSPS) is 11.0. The molecule has 3 rings (SSSR count). The van der Waals surface area contributed by atoms with Crippen molar-refractivity contribution in [3.8, 4) is 17.2 Å². The molecule has 0 bridgehead atoms. The van der Waals surface area contributed by atoms with E-state index < -0.39 is 11.4 Å². The molecule has 2 aliphatic heterocycles. The monoisotopic (exact) mass is 308 g/mol. The number of H-pyrrole nitrogens is 1. The molecule has 0 unspecified atom stereocenters. The zero-order valence-electron chi connectivity index (χ0n) is 8.89. The second kappa shape index (κ2) is 4.02. The van der Waals surface area contributed by atoms with Gasteiger partial charge in [-0.25, -0.2) is 14.3 Å². The van der Waals surface area contributed by atoms with Crippen molar-refractivity contribution in [1.29, 1.82) is 0 Å². The van der Waals surface area contributed by atoms with Gasteiger partial charge in [0.15, 0.2) is 5.82 Å². The minimum absolute atomic E-state index is 0.259. The van der Waals surface area contributed by atoms with E-state index in [2.05, 4.69) is 31.2 Å². The van der Waals surface area contributed by atoms with E-state index in [0.717, 1.165) is 0 Å². The number of rotatable bonds is 1. The third-order valence-corrected chi connectivity index (χ3v) is 3.05. The average molecular weight is 309 g/mol. The number of halogens is 2. The Morgan fingerprint density at radius 2 is 2.11 bits per heavy atom. The number of hydrogen-bond acceptors (Lipinski definition) is 3. The van der Waals surface area contributed by atoms with Crippen molar-refractivity contribution < 1.29 is 4.39 Å². The molecule has 0 fully saturated rings. The summed E-state index contributed by atoms with van der Waals surface area (Å²) in [6.07, 6.45) is 0. The highest BCUT2D eigenvalue weighted by molar-refractivity contribution is 9.10. The van der Waals surface area contributed by atoms with Gasteiger partial charge in [0.25, 0.3) is 5.56 Å². The summed E-state index contributed by atoms with van der Waals surface area (Å²) >= 11 is 3.08. The van der Waals surface area contributed by atoms with Gasteiger partial charge in [0, 0.05) is 0 Å². The van der Waals surface area contributed by atoms with Crippen LogP contribution < -0.4 is 5.56 Å². The quantitative estimate of drug-likeness (QED) is 0.747. The van der Waals surface area contributed by atoms with Crippen molar-refractivity contribution in [2.75, 3.05) is 0 Å². The van der Waals surface area contributed by atoms with Gasteiger partial charge in [-0.2, -0.15) is 10.1 Å². The van der Waals surface area contributed by atoms with Crippen molar-refractivity contribution in [2.45, 2.75) is 0 Å². The first kappa shape index (κ1) is 11.1. The lowest BCUT2D eigenvalue weighted by molar-refractivity contribution is 0.607. The first-order chi connectivity index (χ1) is 8.66. The van der Waals surface area contributed by atoms with Crippen LogP contribution in [-0.4, -0.2) is 20.0 Å². The fourth-order valence-corrected chi connectivity index (χ4v) is 1.96. The molecule has 0 saturated carbocycles. The second-order valence-corrected chi connectivity index (χ2v) is 4.47. The molecule has 5 nitrogen and oxygen atoms in total. The van der Waals surface area contributed by atoms with Crippen LogP contribution in [0.2, 0.25) is 0 Å². The SMILES string of the molecule is O=c1nc2n(-c3ccccc3F)[nH]nc-2cc1Br. The summed E-state index contributed by atoms with van der Waals surface area (Å²) in [5.74, 6) is -0.140. The number of pyridine rings is 1. The van der Waals surface area contributed by atoms with E-state index in [0.29, 0.717) is 10.2 Å². The van der Waals surface area contributed by atoms with Gasteiger partial charge in [0.05, 0.1) is 4.47 Å². The van der Waals surface area contributed by atoms with Crippen LogP contribution in [0, 0.1) is 5.82 Å². The average Bonchev–Trinajstić information content (AvgIpc) is 2.73. The highest BCUT2D eigenvalue weighted by atomic mass is 79.9. The Bertz CT molecular complexity index is 751. The van der Waals surface area contributed by atoms with Gasteiger partial charge in [-0.1, -0.05) is 12.1 Å². The van der Waals surface area contributed by atoms with Crippen molar-refractivity contribution in [2.24, 2.45) is 0 Å². The first-order valence-electron chi connectivity index (χ1n) is 5.05. The lowest BCUT2D eigenvalue weighted by Crippen LogP contribution is -2.11. The summed E-state index contributed by atoms with van der Waals surface area (Å²) in [5.41, 5.74) is 0.313. The van der Waals surface area contributed by atoms with Crippen LogP contribution in [0.5, 0.6) is 0 Å². The fourth-order valence-electron chi connectivity index (χ4n) is 1.65. The molecule has 0 aliphatic carbocycles. The molecule has 18 heavy (non-hydrogen) atoms. The van der Waals surface area contributed by atoms with Crippen LogP contribution in [-0.2, 0) is 0 Å². The van der Waals surface area contributed by atoms with E-state index in [1.807, 2.05) is 0 Å². The number of nitrogens with zero attached hydrogens (tertiary/aromatic N) is 3. The third-order valence-electron chi connectivity index (χ3n) is 2.48. The zero-order chi connectivity index (χ0) is 12.7. The Morgan fingerprint density at radius 1 is 1.33 bits per heavy atom. The Hall–Kier alpha value is -2.02. The zero-order valence-corrected chi connectivity index (χ0v) is 10.5. The summed E-state index contributed by atoms with van der Waals surface area (Å²) in [5, 5.41) is 6.61. The lowest BCUT2D eigenvalue weighted by Gasteiger charge is -2.05. The largest absolute Gasteiger partial charge is 0.286 e. The number of para-hydroxylation sites is 1.